The number of methoxy groups -OCH3 is 1. The predicted octanol–water partition coefficient (Wildman–Crippen LogP) is 6.57. The Hall–Kier alpha value is -3.74. The molecule has 6 nitrogen and oxygen atoms in total. The zero-order chi connectivity index (χ0) is 27.3. The summed E-state index contributed by atoms with van der Waals surface area (Å²) < 4.78 is 25.6. The molecule has 2 aliphatic rings. The molecule has 3 aromatic rings. The first-order chi connectivity index (χ1) is 18.4. The van der Waals surface area contributed by atoms with Crippen LogP contribution < -0.4 is 19.3 Å². The minimum absolute atomic E-state index is 0.174. The maximum Gasteiger partial charge on any atom is 0.300 e. The van der Waals surface area contributed by atoms with Crippen molar-refractivity contribution >= 4 is 17.3 Å². The van der Waals surface area contributed by atoms with Crippen molar-refractivity contribution in [1.29, 1.82) is 0 Å². The van der Waals surface area contributed by atoms with E-state index >= 15 is 0 Å². The molecule has 0 amide bonds. The summed E-state index contributed by atoms with van der Waals surface area (Å²) >= 11 is 0. The van der Waals surface area contributed by atoms with Gasteiger partial charge in [0.05, 0.1) is 12.8 Å². The SMILES string of the molecule is CC(=O)O.COc1ccc(F)c(N2CCC(Oc3ccc(N4CCCC4)cc3)CC2)c1.Cc1ccccc1. The van der Waals surface area contributed by atoms with Crippen LogP contribution in [0.1, 0.15) is 38.2 Å². The highest BCUT2D eigenvalue weighted by molar-refractivity contribution is 5.63. The minimum Gasteiger partial charge on any atom is -0.497 e. The summed E-state index contributed by atoms with van der Waals surface area (Å²) in [4.78, 5) is 13.5. The number of carbonyl (C=O) groups is 1. The fourth-order valence-electron chi connectivity index (χ4n) is 4.51. The summed E-state index contributed by atoms with van der Waals surface area (Å²) in [5, 5.41) is 7.42. The Morgan fingerprint density at radius 2 is 1.45 bits per heavy atom. The zero-order valence-corrected chi connectivity index (χ0v) is 22.6. The van der Waals surface area contributed by atoms with E-state index in [2.05, 4.69) is 53.1 Å². The lowest BCUT2D eigenvalue weighted by molar-refractivity contribution is -0.134. The van der Waals surface area contributed by atoms with Gasteiger partial charge >= 0.3 is 0 Å². The van der Waals surface area contributed by atoms with Crippen molar-refractivity contribution in [3.63, 3.8) is 0 Å². The van der Waals surface area contributed by atoms with Gasteiger partial charge in [-0.25, -0.2) is 4.39 Å². The third-order valence-corrected chi connectivity index (χ3v) is 6.49. The van der Waals surface area contributed by atoms with Gasteiger partial charge in [0, 0.05) is 57.7 Å². The molecule has 3 aromatic carbocycles. The molecule has 0 saturated carbocycles. The molecule has 0 unspecified atom stereocenters. The lowest BCUT2D eigenvalue weighted by Gasteiger charge is -2.34. The average Bonchev–Trinajstić information content (AvgIpc) is 3.46. The molecule has 1 N–H and O–H groups in total. The van der Waals surface area contributed by atoms with E-state index in [0.29, 0.717) is 11.4 Å². The van der Waals surface area contributed by atoms with E-state index in [1.807, 2.05) is 18.2 Å². The zero-order valence-electron chi connectivity index (χ0n) is 22.6. The van der Waals surface area contributed by atoms with Gasteiger partial charge < -0.3 is 24.4 Å². The van der Waals surface area contributed by atoms with Crippen LogP contribution in [0.5, 0.6) is 11.5 Å². The highest BCUT2D eigenvalue weighted by Gasteiger charge is 2.23. The summed E-state index contributed by atoms with van der Waals surface area (Å²) in [7, 11) is 1.60. The Morgan fingerprint density at radius 3 is 1.97 bits per heavy atom. The molecule has 204 valence electrons. The number of hydrogen-bond donors (Lipinski definition) is 1. The Bertz CT molecular complexity index is 1110. The summed E-state index contributed by atoms with van der Waals surface area (Å²) in [6.45, 7) is 7.03. The van der Waals surface area contributed by atoms with Crippen molar-refractivity contribution < 1.29 is 23.8 Å². The van der Waals surface area contributed by atoms with Crippen molar-refractivity contribution in [3.05, 3.63) is 84.2 Å². The third-order valence-electron chi connectivity index (χ3n) is 6.49. The molecule has 5 rings (SSSR count). The Morgan fingerprint density at radius 1 is 0.868 bits per heavy atom. The number of ether oxygens (including phenoxy) is 2. The van der Waals surface area contributed by atoms with Crippen molar-refractivity contribution in [2.45, 2.75) is 45.6 Å². The lowest BCUT2D eigenvalue weighted by Crippen LogP contribution is -2.38. The van der Waals surface area contributed by atoms with Gasteiger partial charge in [-0.2, -0.15) is 0 Å². The van der Waals surface area contributed by atoms with Crippen molar-refractivity contribution in [2.75, 3.05) is 43.1 Å². The number of piperidine rings is 1. The van der Waals surface area contributed by atoms with Gasteiger partial charge in [-0.3, -0.25) is 4.79 Å². The highest BCUT2D eigenvalue weighted by atomic mass is 19.1. The molecular weight excluding hydrogens is 483 g/mol. The number of benzene rings is 3. The summed E-state index contributed by atoms with van der Waals surface area (Å²) in [5.41, 5.74) is 3.22. The maximum atomic E-state index is 14.2. The predicted molar refractivity (Wildman–Crippen MR) is 151 cm³/mol. The standard InChI is InChI=1S/C22H27FN2O2.C7H8.C2H4O2/c1-26-20-8-9-21(23)22(16-20)25-14-10-19(11-15-25)27-18-6-4-17(5-7-18)24-12-2-3-13-24;1-7-5-3-2-4-6-7;1-2(3)4/h4-9,16,19H,2-3,10-15H2,1H3;2-6H,1H3;1H3,(H,3,4). The Labute approximate surface area is 225 Å². The minimum atomic E-state index is -0.833. The summed E-state index contributed by atoms with van der Waals surface area (Å²) in [6.07, 6.45) is 4.50. The molecule has 0 spiro atoms. The highest BCUT2D eigenvalue weighted by Crippen LogP contribution is 2.29. The van der Waals surface area contributed by atoms with E-state index in [1.54, 1.807) is 19.2 Å². The third kappa shape index (κ3) is 9.29. The second-order valence-corrected chi connectivity index (χ2v) is 9.48. The summed E-state index contributed by atoms with van der Waals surface area (Å²) in [6, 6.07) is 23.6. The van der Waals surface area contributed by atoms with Crippen LogP contribution in [0.25, 0.3) is 0 Å². The lowest BCUT2D eigenvalue weighted by atomic mass is 10.1. The normalized spacial score (nSPS) is 15.1. The van der Waals surface area contributed by atoms with Crippen molar-refractivity contribution in [2.24, 2.45) is 0 Å². The van der Waals surface area contributed by atoms with Crippen LogP contribution in [0.15, 0.2) is 72.8 Å². The molecule has 0 bridgehead atoms. The average molecular weight is 523 g/mol. The van der Waals surface area contributed by atoms with Crippen LogP contribution >= 0.6 is 0 Å². The molecule has 0 atom stereocenters. The van der Waals surface area contributed by atoms with Crippen LogP contribution in [-0.2, 0) is 4.79 Å². The molecule has 2 saturated heterocycles. The second-order valence-electron chi connectivity index (χ2n) is 9.48. The van der Waals surface area contributed by atoms with E-state index in [4.69, 9.17) is 19.4 Å². The van der Waals surface area contributed by atoms with Crippen LogP contribution in [0.4, 0.5) is 15.8 Å². The number of aryl methyl sites for hydroxylation is 1. The van der Waals surface area contributed by atoms with Gasteiger partial charge in [-0.15, -0.1) is 0 Å². The fourth-order valence-corrected chi connectivity index (χ4v) is 4.51. The first-order valence-electron chi connectivity index (χ1n) is 13.2. The van der Waals surface area contributed by atoms with Crippen molar-refractivity contribution in [3.8, 4) is 11.5 Å². The number of nitrogens with zero attached hydrogens (tertiary/aromatic N) is 2. The quantitative estimate of drug-likeness (QED) is 0.409. The molecule has 0 aliphatic carbocycles. The van der Waals surface area contributed by atoms with Crippen LogP contribution in [-0.4, -0.2) is 50.5 Å². The van der Waals surface area contributed by atoms with E-state index < -0.39 is 5.97 Å². The molecule has 0 radical (unpaired) electrons. The first kappa shape index (κ1) is 28.8. The van der Waals surface area contributed by atoms with Gasteiger partial charge in [0.2, 0.25) is 0 Å². The van der Waals surface area contributed by atoms with Gasteiger partial charge in [0.1, 0.15) is 23.4 Å². The number of anilines is 2. The van der Waals surface area contributed by atoms with Gasteiger partial charge in [0.25, 0.3) is 5.97 Å². The molecule has 2 aliphatic heterocycles. The molecule has 7 heteroatoms. The number of carboxylic acid groups (broad SMARTS) is 1. The maximum absolute atomic E-state index is 14.2. The number of rotatable bonds is 5. The topological polar surface area (TPSA) is 62.2 Å². The second kappa shape index (κ2) is 14.9. The van der Waals surface area contributed by atoms with Crippen molar-refractivity contribution in [1.82, 2.24) is 0 Å². The molecule has 38 heavy (non-hydrogen) atoms. The largest absolute Gasteiger partial charge is 0.497 e. The smallest absolute Gasteiger partial charge is 0.300 e. The van der Waals surface area contributed by atoms with E-state index in [0.717, 1.165) is 51.7 Å². The van der Waals surface area contributed by atoms with E-state index in [9.17, 15) is 4.39 Å². The van der Waals surface area contributed by atoms with Gasteiger partial charge in [-0.1, -0.05) is 35.9 Å². The Kier molecular flexibility index (Phi) is 11.3. The van der Waals surface area contributed by atoms with Gasteiger partial charge in [0.15, 0.2) is 0 Å². The number of carboxylic acids is 1. The van der Waals surface area contributed by atoms with E-state index in [1.165, 1.54) is 30.2 Å². The number of halogens is 1. The number of hydrogen-bond acceptors (Lipinski definition) is 5. The van der Waals surface area contributed by atoms with E-state index in [-0.39, 0.29) is 11.9 Å². The van der Waals surface area contributed by atoms with Crippen LogP contribution in [0.3, 0.4) is 0 Å². The Balaban J connectivity index is 0.000000304. The summed E-state index contributed by atoms with van der Waals surface area (Å²) in [5.74, 6) is 0.569. The van der Waals surface area contributed by atoms with Crippen LogP contribution in [0.2, 0.25) is 0 Å². The van der Waals surface area contributed by atoms with Gasteiger partial charge in [-0.05, 0) is 56.2 Å². The van der Waals surface area contributed by atoms with Crippen LogP contribution in [0, 0.1) is 12.7 Å². The fraction of sp³-hybridized carbons (Fsp3) is 0.387. The molecule has 2 heterocycles. The molecule has 2 fully saturated rings. The first-order valence-corrected chi connectivity index (χ1v) is 13.2. The number of aliphatic carboxylic acids is 1. The monoisotopic (exact) mass is 522 g/mol. The molecule has 0 aromatic heterocycles. The molecular formula is C31H39FN2O4.